The lowest BCUT2D eigenvalue weighted by Gasteiger charge is -2.17. The van der Waals surface area contributed by atoms with Crippen molar-refractivity contribution in [1.29, 1.82) is 0 Å². The molecule has 0 heterocycles. The SMILES string of the molecule is C[P@](=O)(Nc1ccc(I)cc1F)Oc1ccccc1. The molecule has 0 aliphatic carbocycles. The summed E-state index contributed by atoms with van der Waals surface area (Å²) >= 11 is 2.01. The fourth-order valence-electron chi connectivity index (χ4n) is 1.50. The zero-order valence-corrected chi connectivity index (χ0v) is 13.2. The molecule has 3 nitrogen and oxygen atoms in total. The third kappa shape index (κ3) is 4.21. The maximum atomic E-state index is 13.7. The van der Waals surface area contributed by atoms with E-state index in [1.807, 2.05) is 28.7 Å². The van der Waals surface area contributed by atoms with Crippen molar-refractivity contribution in [1.82, 2.24) is 0 Å². The van der Waals surface area contributed by atoms with Gasteiger partial charge in [0.25, 0.3) is 0 Å². The van der Waals surface area contributed by atoms with Crippen molar-refractivity contribution in [2.75, 3.05) is 11.8 Å². The summed E-state index contributed by atoms with van der Waals surface area (Å²) in [7, 11) is -3.17. The highest BCUT2D eigenvalue weighted by Crippen LogP contribution is 2.43. The van der Waals surface area contributed by atoms with Crippen molar-refractivity contribution in [2.24, 2.45) is 0 Å². The van der Waals surface area contributed by atoms with Gasteiger partial charge >= 0.3 is 7.52 Å². The van der Waals surface area contributed by atoms with E-state index in [0.717, 1.165) is 3.57 Å². The number of anilines is 1. The van der Waals surface area contributed by atoms with Crippen molar-refractivity contribution in [2.45, 2.75) is 0 Å². The number of para-hydroxylation sites is 1. The first-order chi connectivity index (χ1) is 8.96. The van der Waals surface area contributed by atoms with E-state index < -0.39 is 13.3 Å². The summed E-state index contributed by atoms with van der Waals surface area (Å²) in [6.45, 7) is 1.41. The molecule has 0 fully saturated rings. The molecule has 2 aromatic rings. The van der Waals surface area contributed by atoms with Gasteiger partial charge in [0.05, 0.1) is 5.69 Å². The second-order valence-corrected chi connectivity index (χ2v) is 7.33. The monoisotopic (exact) mass is 391 g/mol. The van der Waals surface area contributed by atoms with E-state index in [9.17, 15) is 8.96 Å². The van der Waals surface area contributed by atoms with Crippen LogP contribution in [-0.4, -0.2) is 6.66 Å². The zero-order chi connectivity index (χ0) is 13.9. The molecule has 1 N–H and O–H groups in total. The van der Waals surface area contributed by atoms with Crippen molar-refractivity contribution in [3.8, 4) is 5.75 Å². The van der Waals surface area contributed by atoms with Crippen LogP contribution in [0.15, 0.2) is 48.5 Å². The minimum atomic E-state index is -3.17. The lowest BCUT2D eigenvalue weighted by Crippen LogP contribution is -2.03. The van der Waals surface area contributed by atoms with Crippen LogP contribution in [0.4, 0.5) is 10.1 Å². The Labute approximate surface area is 124 Å². The van der Waals surface area contributed by atoms with Gasteiger partial charge in [0.2, 0.25) is 0 Å². The molecule has 0 unspecified atom stereocenters. The Morgan fingerprint density at radius 3 is 2.53 bits per heavy atom. The number of halogens is 2. The Bertz CT molecular complexity index is 621. The van der Waals surface area contributed by atoms with Crippen molar-refractivity contribution in [3.63, 3.8) is 0 Å². The number of nitrogens with one attached hydrogen (secondary N) is 1. The average molecular weight is 391 g/mol. The molecule has 0 saturated heterocycles. The summed E-state index contributed by atoms with van der Waals surface area (Å²) in [5.74, 6) is 0.0254. The molecule has 0 radical (unpaired) electrons. The van der Waals surface area contributed by atoms with E-state index in [1.54, 1.807) is 36.4 Å². The van der Waals surface area contributed by atoms with Gasteiger partial charge < -0.3 is 9.61 Å². The van der Waals surface area contributed by atoms with Crippen LogP contribution in [0.25, 0.3) is 0 Å². The van der Waals surface area contributed by atoms with Crippen LogP contribution in [-0.2, 0) is 4.57 Å². The van der Waals surface area contributed by atoms with E-state index in [1.165, 1.54) is 12.7 Å². The lowest BCUT2D eigenvalue weighted by molar-refractivity contribution is 0.493. The predicted molar refractivity (Wildman–Crippen MR) is 83.3 cm³/mol. The fraction of sp³-hybridized carbons (Fsp3) is 0.0769. The first kappa shape index (κ1) is 14.3. The molecule has 2 rings (SSSR count). The van der Waals surface area contributed by atoms with Gasteiger partial charge in [0.1, 0.15) is 11.6 Å². The van der Waals surface area contributed by atoms with Gasteiger partial charge in [-0.1, -0.05) is 18.2 Å². The van der Waals surface area contributed by atoms with Crippen molar-refractivity contribution < 1.29 is 13.5 Å². The van der Waals surface area contributed by atoms with E-state index in [0.29, 0.717) is 5.75 Å². The second-order valence-electron chi connectivity index (χ2n) is 3.99. The molecule has 19 heavy (non-hydrogen) atoms. The van der Waals surface area contributed by atoms with Gasteiger partial charge in [0, 0.05) is 10.2 Å². The maximum Gasteiger partial charge on any atom is 0.338 e. The normalized spacial score (nSPS) is 13.6. The van der Waals surface area contributed by atoms with Gasteiger partial charge in [-0.25, -0.2) is 4.39 Å². The largest absolute Gasteiger partial charge is 0.429 e. The third-order valence-corrected chi connectivity index (χ3v) is 4.15. The Hall–Kier alpha value is -1.07. The van der Waals surface area contributed by atoms with E-state index in [-0.39, 0.29) is 5.69 Å². The van der Waals surface area contributed by atoms with E-state index >= 15 is 0 Å². The molecule has 0 spiro atoms. The van der Waals surface area contributed by atoms with Crippen molar-refractivity contribution in [3.05, 3.63) is 57.9 Å². The minimum absolute atomic E-state index is 0.169. The third-order valence-electron chi connectivity index (χ3n) is 2.28. The average Bonchev–Trinajstić information content (AvgIpc) is 2.33. The number of hydrogen-bond donors (Lipinski definition) is 1. The number of rotatable bonds is 4. The Morgan fingerprint density at radius 2 is 1.89 bits per heavy atom. The Balaban J connectivity index is 2.15. The van der Waals surface area contributed by atoms with Crippen LogP contribution in [0.3, 0.4) is 0 Å². The van der Waals surface area contributed by atoms with Gasteiger partial charge in [-0.15, -0.1) is 0 Å². The molecule has 1 atom stereocenters. The van der Waals surface area contributed by atoms with Crippen molar-refractivity contribution >= 4 is 35.8 Å². The first-order valence-corrected chi connectivity index (χ1v) is 8.67. The highest BCUT2D eigenvalue weighted by atomic mass is 127. The summed E-state index contributed by atoms with van der Waals surface area (Å²) in [6, 6.07) is 13.4. The molecule has 0 amide bonds. The topological polar surface area (TPSA) is 38.3 Å². The first-order valence-electron chi connectivity index (χ1n) is 5.52. The summed E-state index contributed by atoms with van der Waals surface area (Å²) in [4.78, 5) is 0. The van der Waals surface area contributed by atoms with Crippen LogP contribution in [0.1, 0.15) is 0 Å². The number of hydrogen-bond acceptors (Lipinski definition) is 2. The lowest BCUT2D eigenvalue weighted by atomic mass is 10.3. The zero-order valence-electron chi connectivity index (χ0n) is 10.1. The minimum Gasteiger partial charge on any atom is -0.429 e. The van der Waals surface area contributed by atoms with Crippen LogP contribution < -0.4 is 9.61 Å². The predicted octanol–water partition coefficient (Wildman–Crippen LogP) is 4.74. The molecular weight excluding hydrogens is 379 g/mol. The summed E-state index contributed by atoms with van der Waals surface area (Å²) in [5.41, 5.74) is 0.169. The van der Waals surface area contributed by atoms with Gasteiger partial charge in [0.15, 0.2) is 0 Å². The summed E-state index contributed by atoms with van der Waals surface area (Å²) in [5, 5.41) is 2.62. The van der Waals surface area contributed by atoms with Gasteiger partial charge in [-0.05, 0) is 52.9 Å². The van der Waals surface area contributed by atoms with Gasteiger partial charge in [-0.2, -0.15) is 0 Å². The maximum absolute atomic E-state index is 13.7. The molecule has 0 aromatic heterocycles. The molecular formula is C13H12FINO2P. The smallest absolute Gasteiger partial charge is 0.338 e. The van der Waals surface area contributed by atoms with Gasteiger partial charge in [-0.3, -0.25) is 4.57 Å². The van der Waals surface area contributed by atoms with E-state index in [4.69, 9.17) is 4.52 Å². The molecule has 6 heteroatoms. The molecule has 0 aliphatic rings. The molecule has 0 bridgehead atoms. The Morgan fingerprint density at radius 1 is 1.21 bits per heavy atom. The molecule has 0 saturated carbocycles. The van der Waals surface area contributed by atoms with Crippen LogP contribution in [0, 0.1) is 9.39 Å². The van der Waals surface area contributed by atoms with Crippen LogP contribution >= 0.6 is 30.1 Å². The summed E-state index contributed by atoms with van der Waals surface area (Å²) < 4.78 is 32.1. The highest BCUT2D eigenvalue weighted by Gasteiger charge is 2.19. The van der Waals surface area contributed by atoms with Crippen LogP contribution in [0.5, 0.6) is 5.75 Å². The molecule has 2 aromatic carbocycles. The standard InChI is InChI=1S/C13H12FINO2P/c1-19(17,18-11-5-3-2-4-6-11)16-13-8-7-10(15)9-12(13)14/h2-9H,1H3,(H,16,17)/t19-/m1/s1. The van der Waals surface area contributed by atoms with Crippen LogP contribution in [0.2, 0.25) is 0 Å². The fourth-order valence-corrected chi connectivity index (χ4v) is 3.15. The number of benzene rings is 2. The summed E-state index contributed by atoms with van der Waals surface area (Å²) in [6.07, 6.45) is 0. The molecule has 0 aliphatic heterocycles. The van der Waals surface area contributed by atoms with E-state index in [2.05, 4.69) is 5.09 Å². The quantitative estimate of drug-likeness (QED) is 0.604. The molecule has 100 valence electrons. The Kier molecular flexibility index (Phi) is 4.47. The highest BCUT2D eigenvalue weighted by molar-refractivity contribution is 14.1. The second kappa shape index (κ2) is 5.92.